The van der Waals surface area contributed by atoms with E-state index in [-0.39, 0.29) is 12.0 Å². The lowest BCUT2D eigenvalue weighted by Gasteiger charge is -2.13. The summed E-state index contributed by atoms with van der Waals surface area (Å²) in [5.41, 5.74) is 0. The van der Waals surface area contributed by atoms with E-state index in [1.54, 1.807) is 0 Å². The Bertz CT molecular complexity index is 531. The highest BCUT2D eigenvalue weighted by Crippen LogP contribution is 2.44. The molecule has 5 atom stereocenters. The van der Waals surface area contributed by atoms with Crippen molar-refractivity contribution >= 4 is 5.97 Å². The van der Waals surface area contributed by atoms with Crippen LogP contribution in [0.2, 0.25) is 0 Å². The molecule has 1 aromatic rings. The molecule has 1 N–H and O–H groups in total. The van der Waals surface area contributed by atoms with E-state index in [2.05, 4.69) is 10.1 Å². The summed E-state index contributed by atoms with van der Waals surface area (Å²) in [6.45, 7) is 0. The van der Waals surface area contributed by atoms with Crippen LogP contribution in [0.4, 0.5) is 0 Å². The number of carboxylic acids is 1. The Morgan fingerprint density at radius 3 is 2.75 bits per heavy atom. The highest BCUT2D eigenvalue weighted by atomic mass is 16.6. The molecule has 20 heavy (non-hydrogen) atoms. The van der Waals surface area contributed by atoms with Crippen molar-refractivity contribution in [2.75, 3.05) is 0 Å². The van der Waals surface area contributed by atoms with E-state index in [1.807, 2.05) is 0 Å². The third-order valence-corrected chi connectivity index (χ3v) is 4.47. The second kappa shape index (κ2) is 4.53. The van der Waals surface area contributed by atoms with Crippen molar-refractivity contribution < 1.29 is 23.9 Å². The maximum Gasteiger partial charge on any atom is 0.332 e. The molecule has 1 aromatic heterocycles. The SMILES string of the molecule is O=C(O)C1CCC(c2nc(C3CC4CCC3O4)no2)O1. The van der Waals surface area contributed by atoms with Gasteiger partial charge < -0.3 is 19.1 Å². The van der Waals surface area contributed by atoms with Gasteiger partial charge in [0.25, 0.3) is 5.89 Å². The second-order valence-electron chi connectivity index (χ2n) is 5.74. The van der Waals surface area contributed by atoms with Gasteiger partial charge in [-0.2, -0.15) is 4.98 Å². The fraction of sp³-hybridized carbons (Fsp3) is 0.769. The zero-order chi connectivity index (χ0) is 13.7. The summed E-state index contributed by atoms with van der Waals surface area (Å²) in [4.78, 5) is 15.3. The summed E-state index contributed by atoms with van der Waals surface area (Å²) in [7, 11) is 0. The van der Waals surface area contributed by atoms with E-state index in [4.69, 9.17) is 19.1 Å². The Balaban J connectivity index is 1.47. The minimum Gasteiger partial charge on any atom is -0.479 e. The molecule has 3 saturated heterocycles. The van der Waals surface area contributed by atoms with Gasteiger partial charge in [0.05, 0.1) is 18.1 Å². The van der Waals surface area contributed by atoms with Crippen LogP contribution in [0.1, 0.15) is 55.8 Å². The molecule has 7 nitrogen and oxygen atoms in total. The van der Waals surface area contributed by atoms with Crippen LogP contribution in [0.15, 0.2) is 4.52 Å². The third-order valence-electron chi connectivity index (χ3n) is 4.47. The number of carboxylic acid groups (broad SMARTS) is 1. The first-order valence-corrected chi connectivity index (χ1v) is 7.08. The quantitative estimate of drug-likeness (QED) is 0.894. The molecule has 0 spiro atoms. The van der Waals surface area contributed by atoms with E-state index >= 15 is 0 Å². The van der Waals surface area contributed by atoms with E-state index in [0.29, 0.717) is 30.7 Å². The second-order valence-corrected chi connectivity index (χ2v) is 5.74. The molecule has 4 heterocycles. The minimum atomic E-state index is -0.936. The van der Waals surface area contributed by atoms with E-state index in [1.165, 1.54) is 0 Å². The lowest BCUT2D eigenvalue weighted by Crippen LogP contribution is -2.18. The summed E-state index contributed by atoms with van der Waals surface area (Å²) < 4.78 is 16.5. The average Bonchev–Trinajstić information content (AvgIpc) is 3.20. The predicted molar refractivity (Wildman–Crippen MR) is 64.0 cm³/mol. The number of hydrogen-bond donors (Lipinski definition) is 1. The zero-order valence-electron chi connectivity index (χ0n) is 10.9. The van der Waals surface area contributed by atoms with Crippen LogP contribution < -0.4 is 0 Å². The summed E-state index contributed by atoms with van der Waals surface area (Å²) in [6, 6.07) is 0. The van der Waals surface area contributed by atoms with Gasteiger partial charge in [0.15, 0.2) is 11.9 Å². The molecule has 3 aliphatic heterocycles. The molecular weight excluding hydrogens is 264 g/mol. The summed E-state index contributed by atoms with van der Waals surface area (Å²) in [5, 5.41) is 13.0. The number of aliphatic carboxylic acids is 1. The molecular formula is C13H16N2O5. The molecule has 7 heteroatoms. The van der Waals surface area contributed by atoms with Gasteiger partial charge >= 0.3 is 5.97 Å². The Morgan fingerprint density at radius 1 is 1.20 bits per heavy atom. The number of nitrogens with zero attached hydrogens (tertiary/aromatic N) is 2. The molecule has 4 rings (SSSR count). The molecule has 3 fully saturated rings. The lowest BCUT2D eigenvalue weighted by atomic mass is 9.89. The van der Waals surface area contributed by atoms with Crippen LogP contribution in [0.3, 0.4) is 0 Å². The molecule has 0 aromatic carbocycles. The Hall–Kier alpha value is -1.47. The van der Waals surface area contributed by atoms with Gasteiger partial charge in [-0.15, -0.1) is 0 Å². The van der Waals surface area contributed by atoms with Gasteiger partial charge in [0, 0.05) is 0 Å². The Labute approximate surface area is 115 Å². The fourth-order valence-electron chi connectivity index (χ4n) is 3.44. The van der Waals surface area contributed by atoms with Crippen molar-refractivity contribution in [3.63, 3.8) is 0 Å². The smallest absolute Gasteiger partial charge is 0.332 e. The largest absolute Gasteiger partial charge is 0.479 e. The van der Waals surface area contributed by atoms with Crippen LogP contribution in [-0.2, 0) is 14.3 Å². The normalized spacial score (nSPS) is 39.5. The standard InChI is InChI=1S/C13H16N2O5/c16-13(17)10-4-3-9(19-10)12-14-11(15-20-12)7-5-6-1-2-8(7)18-6/h6-10H,1-5H2,(H,16,17). The number of ether oxygens (including phenoxy) is 2. The summed E-state index contributed by atoms with van der Waals surface area (Å²) in [5.74, 6) is 0.345. The van der Waals surface area contributed by atoms with Crippen LogP contribution in [0.25, 0.3) is 0 Å². The first-order chi connectivity index (χ1) is 9.70. The van der Waals surface area contributed by atoms with Crippen molar-refractivity contribution in [2.24, 2.45) is 0 Å². The number of rotatable bonds is 3. The number of aromatic nitrogens is 2. The van der Waals surface area contributed by atoms with E-state index < -0.39 is 18.2 Å². The molecule has 0 saturated carbocycles. The van der Waals surface area contributed by atoms with Crippen molar-refractivity contribution in [3.05, 3.63) is 11.7 Å². The van der Waals surface area contributed by atoms with Crippen LogP contribution in [0, 0.1) is 0 Å². The minimum absolute atomic E-state index is 0.210. The third kappa shape index (κ3) is 1.92. The van der Waals surface area contributed by atoms with Crippen LogP contribution in [-0.4, -0.2) is 39.5 Å². The highest BCUT2D eigenvalue weighted by molar-refractivity contribution is 5.72. The van der Waals surface area contributed by atoms with Gasteiger partial charge in [-0.05, 0) is 32.1 Å². The lowest BCUT2D eigenvalue weighted by molar-refractivity contribution is -0.150. The van der Waals surface area contributed by atoms with Crippen LogP contribution in [0.5, 0.6) is 0 Å². The predicted octanol–water partition coefficient (Wildman–Crippen LogP) is 1.41. The topological polar surface area (TPSA) is 94.7 Å². The first kappa shape index (κ1) is 12.3. The van der Waals surface area contributed by atoms with Gasteiger partial charge in [0.1, 0.15) is 6.10 Å². The van der Waals surface area contributed by atoms with Crippen molar-refractivity contribution in [2.45, 2.75) is 62.4 Å². The molecule has 5 unspecified atom stereocenters. The fourth-order valence-corrected chi connectivity index (χ4v) is 3.44. The Morgan fingerprint density at radius 2 is 2.10 bits per heavy atom. The molecule has 3 aliphatic rings. The zero-order valence-corrected chi connectivity index (χ0v) is 10.9. The van der Waals surface area contributed by atoms with Crippen LogP contribution >= 0.6 is 0 Å². The number of carbonyl (C=O) groups is 1. The maximum absolute atomic E-state index is 10.9. The van der Waals surface area contributed by atoms with Gasteiger partial charge in [-0.3, -0.25) is 0 Å². The average molecular weight is 280 g/mol. The van der Waals surface area contributed by atoms with E-state index in [9.17, 15) is 4.79 Å². The van der Waals surface area contributed by atoms with Gasteiger partial charge in [-0.1, -0.05) is 5.16 Å². The highest BCUT2D eigenvalue weighted by Gasteiger charge is 2.44. The Kier molecular flexibility index (Phi) is 2.78. The number of fused-ring (bicyclic) bond motifs is 2. The monoisotopic (exact) mass is 280 g/mol. The van der Waals surface area contributed by atoms with Crippen molar-refractivity contribution in [3.8, 4) is 0 Å². The maximum atomic E-state index is 10.9. The summed E-state index contributed by atoms with van der Waals surface area (Å²) >= 11 is 0. The number of hydrogen-bond acceptors (Lipinski definition) is 6. The van der Waals surface area contributed by atoms with Crippen molar-refractivity contribution in [1.82, 2.24) is 10.1 Å². The molecule has 0 amide bonds. The van der Waals surface area contributed by atoms with Gasteiger partial charge in [0.2, 0.25) is 0 Å². The molecule has 0 radical (unpaired) electrons. The van der Waals surface area contributed by atoms with E-state index in [0.717, 1.165) is 19.3 Å². The van der Waals surface area contributed by atoms with Gasteiger partial charge in [-0.25, -0.2) is 4.79 Å². The molecule has 2 bridgehead atoms. The summed E-state index contributed by atoms with van der Waals surface area (Å²) in [6.07, 6.45) is 3.61. The molecule has 0 aliphatic carbocycles. The van der Waals surface area contributed by atoms with Crippen molar-refractivity contribution in [1.29, 1.82) is 0 Å². The first-order valence-electron chi connectivity index (χ1n) is 7.08. The molecule has 108 valence electrons.